The van der Waals surface area contributed by atoms with Gasteiger partial charge in [-0.05, 0) is 61.0 Å². The molecule has 6 nitrogen and oxygen atoms in total. The summed E-state index contributed by atoms with van der Waals surface area (Å²) >= 11 is 5.24. The fraction of sp³-hybridized carbons (Fsp3) is 0.318. The molecule has 7 heteroatoms. The first kappa shape index (κ1) is 22.4. The van der Waals surface area contributed by atoms with E-state index in [1.807, 2.05) is 26.8 Å². The smallest absolute Gasteiger partial charge is 0.261 e. The van der Waals surface area contributed by atoms with Crippen LogP contribution in [0, 0.1) is 5.92 Å². The first-order valence-electron chi connectivity index (χ1n) is 9.63. The number of anilines is 2. The molecule has 0 bridgehead atoms. The predicted molar refractivity (Wildman–Crippen MR) is 120 cm³/mol. The van der Waals surface area contributed by atoms with Crippen LogP contribution in [0.25, 0.3) is 0 Å². The quantitative estimate of drug-likeness (QED) is 0.552. The van der Waals surface area contributed by atoms with E-state index in [1.165, 1.54) is 0 Å². The van der Waals surface area contributed by atoms with E-state index in [1.54, 1.807) is 42.5 Å². The molecule has 3 N–H and O–H groups in total. The van der Waals surface area contributed by atoms with Crippen molar-refractivity contribution >= 4 is 40.5 Å². The normalized spacial score (nSPS) is 10.3. The number of ether oxygens (including phenoxy) is 1. The Morgan fingerprint density at radius 3 is 2.24 bits per heavy atom. The fourth-order valence-electron chi connectivity index (χ4n) is 2.54. The molecule has 0 aliphatic carbocycles. The Bertz CT molecular complexity index is 851. The number of nitrogens with one attached hydrogen (secondary N) is 3. The lowest BCUT2D eigenvalue weighted by Crippen LogP contribution is -2.34. The molecule has 0 aliphatic rings. The van der Waals surface area contributed by atoms with Crippen LogP contribution in [0.2, 0.25) is 0 Å². The number of thiocarbonyl (C=S) groups is 1. The van der Waals surface area contributed by atoms with E-state index in [9.17, 15) is 9.59 Å². The van der Waals surface area contributed by atoms with E-state index in [2.05, 4.69) is 16.0 Å². The number of benzene rings is 2. The van der Waals surface area contributed by atoms with Crippen molar-refractivity contribution in [2.75, 3.05) is 17.2 Å². The van der Waals surface area contributed by atoms with E-state index < -0.39 is 0 Å². The van der Waals surface area contributed by atoms with Crippen molar-refractivity contribution in [3.05, 3.63) is 54.1 Å². The maximum absolute atomic E-state index is 12.5. The van der Waals surface area contributed by atoms with E-state index in [4.69, 9.17) is 17.0 Å². The molecule has 2 aromatic carbocycles. The molecule has 0 saturated heterocycles. The maximum atomic E-state index is 12.5. The molecule has 0 fully saturated rings. The largest absolute Gasteiger partial charge is 0.493 e. The van der Waals surface area contributed by atoms with Crippen LogP contribution in [0.15, 0.2) is 48.5 Å². The molecule has 0 aliphatic heterocycles. The highest BCUT2D eigenvalue weighted by molar-refractivity contribution is 7.80. The Morgan fingerprint density at radius 1 is 1.00 bits per heavy atom. The summed E-state index contributed by atoms with van der Waals surface area (Å²) in [5.74, 6) is 0.463. The average Bonchev–Trinajstić information content (AvgIpc) is 2.67. The van der Waals surface area contributed by atoms with Gasteiger partial charge in [-0.15, -0.1) is 0 Å². The summed E-state index contributed by atoms with van der Waals surface area (Å²) < 4.78 is 5.62. The fourth-order valence-corrected chi connectivity index (χ4v) is 2.76. The molecule has 154 valence electrons. The van der Waals surface area contributed by atoms with Crippen molar-refractivity contribution in [3.63, 3.8) is 0 Å². The van der Waals surface area contributed by atoms with Gasteiger partial charge >= 0.3 is 0 Å². The predicted octanol–water partition coefficient (Wildman–Crippen LogP) is 4.59. The summed E-state index contributed by atoms with van der Waals surface area (Å²) in [5, 5.41) is 8.65. The van der Waals surface area contributed by atoms with Gasteiger partial charge in [-0.1, -0.05) is 32.9 Å². The Balaban J connectivity index is 1.92. The Hall–Kier alpha value is -2.93. The zero-order chi connectivity index (χ0) is 21.2. The molecule has 0 saturated carbocycles. The molecule has 2 aromatic rings. The van der Waals surface area contributed by atoms with Gasteiger partial charge in [0.2, 0.25) is 5.91 Å². The van der Waals surface area contributed by atoms with Gasteiger partial charge in [0.15, 0.2) is 5.11 Å². The second kappa shape index (κ2) is 11.2. The Labute approximate surface area is 177 Å². The number of carbonyl (C=O) groups is 2. The third kappa shape index (κ3) is 7.54. The lowest BCUT2D eigenvalue weighted by atomic mass is 10.1. The van der Waals surface area contributed by atoms with Crippen LogP contribution < -0.4 is 20.7 Å². The molecule has 2 rings (SSSR count). The van der Waals surface area contributed by atoms with Gasteiger partial charge < -0.3 is 15.4 Å². The first-order valence-corrected chi connectivity index (χ1v) is 10.0. The number of hydrogen-bond acceptors (Lipinski definition) is 4. The van der Waals surface area contributed by atoms with Crippen LogP contribution in [0.3, 0.4) is 0 Å². The van der Waals surface area contributed by atoms with Gasteiger partial charge in [-0.2, -0.15) is 0 Å². The molecular weight excluding hydrogens is 386 g/mol. The molecule has 0 unspecified atom stereocenters. The highest BCUT2D eigenvalue weighted by Gasteiger charge is 2.13. The minimum atomic E-state index is -0.341. The first-order chi connectivity index (χ1) is 13.9. The van der Waals surface area contributed by atoms with Crippen molar-refractivity contribution in [1.29, 1.82) is 0 Å². The number of rotatable bonds is 8. The highest BCUT2D eigenvalue weighted by atomic mass is 32.1. The molecular formula is C22H27N3O3S. The molecule has 29 heavy (non-hydrogen) atoms. The lowest BCUT2D eigenvalue weighted by molar-refractivity contribution is -0.116. The summed E-state index contributed by atoms with van der Waals surface area (Å²) in [6.45, 7) is 6.53. The van der Waals surface area contributed by atoms with Crippen LogP contribution >= 0.6 is 12.2 Å². The minimum absolute atomic E-state index is 0.0209. The molecule has 2 amide bonds. The van der Waals surface area contributed by atoms with Gasteiger partial charge in [0.1, 0.15) is 5.75 Å². The number of para-hydroxylation sites is 1. The van der Waals surface area contributed by atoms with Gasteiger partial charge in [-0.25, -0.2) is 0 Å². The van der Waals surface area contributed by atoms with Gasteiger partial charge in [-0.3, -0.25) is 14.9 Å². The average molecular weight is 414 g/mol. The topological polar surface area (TPSA) is 79.5 Å². The van der Waals surface area contributed by atoms with Crippen molar-refractivity contribution in [3.8, 4) is 5.75 Å². The second-order valence-electron chi connectivity index (χ2n) is 6.98. The van der Waals surface area contributed by atoms with E-state index in [0.29, 0.717) is 41.6 Å². The number of carbonyl (C=O) groups excluding carboxylic acids is 2. The summed E-state index contributed by atoms with van der Waals surface area (Å²) in [6.07, 6.45) is 1.32. The van der Waals surface area contributed by atoms with Gasteiger partial charge in [0, 0.05) is 17.8 Å². The molecule has 0 atom stereocenters. The number of hydrogen-bond donors (Lipinski definition) is 3. The zero-order valence-electron chi connectivity index (χ0n) is 17.0. The van der Waals surface area contributed by atoms with Crippen LogP contribution in [-0.4, -0.2) is 23.5 Å². The van der Waals surface area contributed by atoms with Gasteiger partial charge in [0.05, 0.1) is 12.2 Å². The van der Waals surface area contributed by atoms with Crippen LogP contribution in [-0.2, 0) is 4.79 Å². The maximum Gasteiger partial charge on any atom is 0.261 e. The third-order valence-electron chi connectivity index (χ3n) is 3.84. The molecule has 0 heterocycles. The highest BCUT2D eigenvalue weighted by Crippen LogP contribution is 2.18. The molecule has 0 spiro atoms. The summed E-state index contributed by atoms with van der Waals surface area (Å²) in [6, 6.07) is 14.2. The molecule has 0 aromatic heterocycles. The SMILES string of the molecule is CCCOc1ccccc1C(=O)NC(=S)Nc1ccc(NC(=O)CC(C)C)cc1. The summed E-state index contributed by atoms with van der Waals surface area (Å²) in [4.78, 5) is 24.4. The van der Waals surface area contributed by atoms with E-state index in [0.717, 1.165) is 6.42 Å². The van der Waals surface area contributed by atoms with Crippen molar-refractivity contribution in [2.45, 2.75) is 33.6 Å². The molecule has 0 radical (unpaired) electrons. The van der Waals surface area contributed by atoms with Gasteiger partial charge in [0.25, 0.3) is 5.91 Å². The van der Waals surface area contributed by atoms with E-state index >= 15 is 0 Å². The zero-order valence-corrected chi connectivity index (χ0v) is 17.8. The van der Waals surface area contributed by atoms with Crippen LogP contribution in [0.5, 0.6) is 5.75 Å². The second-order valence-corrected chi connectivity index (χ2v) is 7.38. The standard InChI is InChI=1S/C22H27N3O3S/c1-4-13-28-19-8-6-5-7-18(19)21(27)25-22(29)24-17-11-9-16(10-12-17)23-20(26)14-15(2)3/h5-12,15H,4,13-14H2,1-3H3,(H,23,26)(H2,24,25,27,29). The Kier molecular flexibility index (Phi) is 8.61. The third-order valence-corrected chi connectivity index (χ3v) is 4.04. The van der Waals surface area contributed by atoms with Crippen LogP contribution in [0.4, 0.5) is 11.4 Å². The van der Waals surface area contributed by atoms with Crippen molar-refractivity contribution in [2.24, 2.45) is 5.92 Å². The van der Waals surface area contributed by atoms with Crippen LogP contribution in [0.1, 0.15) is 44.0 Å². The lowest BCUT2D eigenvalue weighted by Gasteiger charge is -2.13. The van der Waals surface area contributed by atoms with Crippen molar-refractivity contribution in [1.82, 2.24) is 5.32 Å². The summed E-state index contributed by atoms with van der Waals surface area (Å²) in [7, 11) is 0. The minimum Gasteiger partial charge on any atom is -0.493 e. The summed E-state index contributed by atoms with van der Waals surface area (Å²) in [5.41, 5.74) is 1.83. The monoisotopic (exact) mass is 413 g/mol. The van der Waals surface area contributed by atoms with Crippen molar-refractivity contribution < 1.29 is 14.3 Å². The Morgan fingerprint density at radius 2 is 1.62 bits per heavy atom. The number of amides is 2. The van der Waals surface area contributed by atoms with E-state index in [-0.39, 0.29) is 16.9 Å².